The lowest BCUT2D eigenvalue weighted by molar-refractivity contribution is 0.255. The zero-order chi connectivity index (χ0) is 20.3. The average Bonchev–Trinajstić information content (AvgIpc) is 3.22. The summed E-state index contributed by atoms with van der Waals surface area (Å²) in [5.74, 6) is 0. The first-order valence-corrected chi connectivity index (χ1v) is 10.6. The number of nitriles is 1. The lowest BCUT2D eigenvalue weighted by Gasteiger charge is -2.36. The molecule has 150 valence electrons. The van der Waals surface area contributed by atoms with Crippen molar-refractivity contribution in [1.29, 1.82) is 5.26 Å². The van der Waals surface area contributed by atoms with E-state index in [1.807, 2.05) is 12.3 Å². The first-order chi connectivity index (χ1) is 14.8. The van der Waals surface area contributed by atoms with Crippen LogP contribution >= 0.6 is 0 Å². The Kier molecular flexibility index (Phi) is 5.08. The number of aryl methyl sites for hydroxylation is 1. The van der Waals surface area contributed by atoms with Gasteiger partial charge in [-0.15, -0.1) is 0 Å². The highest BCUT2D eigenvalue weighted by Gasteiger charge is 2.17. The fraction of sp³-hybridized carbons (Fsp3) is 0.280. The van der Waals surface area contributed by atoms with Crippen molar-refractivity contribution in [3.63, 3.8) is 0 Å². The minimum atomic E-state index is 0.729. The van der Waals surface area contributed by atoms with Crippen LogP contribution in [0.3, 0.4) is 0 Å². The Balaban J connectivity index is 1.14. The molecule has 0 amide bonds. The van der Waals surface area contributed by atoms with Crippen LogP contribution in [0.1, 0.15) is 17.5 Å². The van der Waals surface area contributed by atoms with Crippen LogP contribution in [0.5, 0.6) is 0 Å². The van der Waals surface area contributed by atoms with Gasteiger partial charge in [-0.1, -0.05) is 12.1 Å². The third-order valence-corrected chi connectivity index (χ3v) is 6.13. The fourth-order valence-electron chi connectivity index (χ4n) is 4.41. The fourth-order valence-corrected chi connectivity index (χ4v) is 4.41. The van der Waals surface area contributed by atoms with E-state index in [9.17, 15) is 5.26 Å². The van der Waals surface area contributed by atoms with Crippen LogP contribution in [0, 0.1) is 11.3 Å². The van der Waals surface area contributed by atoms with Crippen molar-refractivity contribution in [2.24, 2.45) is 0 Å². The summed E-state index contributed by atoms with van der Waals surface area (Å²) in [6.45, 7) is 5.44. The predicted molar refractivity (Wildman–Crippen MR) is 122 cm³/mol. The number of H-pyrrole nitrogens is 1. The minimum absolute atomic E-state index is 0.729. The zero-order valence-electron chi connectivity index (χ0n) is 17.0. The van der Waals surface area contributed by atoms with Crippen LogP contribution in [-0.4, -0.2) is 47.6 Å². The van der Waals surface area contributed by atoms with Crippen molar-refractivity contribution in [1.82, 2.24) is 14.9 Å². The Morgan fingerprint density at radius 3 is 2.80 bits per heavy atom. The summed E-state index contributed by atoms with van der Waals surface area (Å²) in [6, 6.07) is 19.4. The molecule has 1 N–H and O–H groups in total. The van der Waals surface area contributed by atoms with Crippen molar-refractivity contribution in [3.8, 4) is 6.07 Å². The molecule has 1 fully saturated rings. The largest absolute Gasteiger partial charge is 0.369 e. The smallest absolute Gasteiger partial charge is 0.101 e. The maximum atomic E-state index is 9.23. The first-order valence-electron chi connectivity index (χ1n) is 10.6. The summed E-state index contributed by atoms with van der Waals surface area (Å²) in [5.41, 5.74) is 5.42. The summed E-state index contributed by atoms with van der Waals surface area (Å²) in [7, 11) is 0. The number of pyridine rings is 1. The van der Waals surface area contributed by atoms with E-state index in [2.05, 4.69) is 68.3 Å². The zero-order valence-corrected chi connectivity index (χ0v) is 17.0. The van der Waals surface area contributed by atoms with Gasteiger partial charge in [-0.25, -0.2) is 0 Å². The molecule has 3 heterocycles. The standard InChI is InChI=1S/C25H25N5/c26-17-21-18-28-25-7-5-19(15-23(21)25)3-2-10-29-11-13-30(14-12-29)22-6-8-24-20(16-22)4-1-9-27-24/h1,4-9,15-16,18,28H,2-3,10-14H2. The van der Waals surface area contributed by atoms with Gasteiger partial charge in [0.25, 0.3) is 0 Å². The molecule has 0 atom stereocenters. The van der Waals surface area contributed by atoms with Crippen LogP contribution in [0.25, 0.3) is 21.8 Å². The van der Waals surface area contributed by atoms with E-state index < -0.39 is 0 Å². The van der Waals surface area contributed by atoms with Crippen LogP contribution in [0.4, 0.5) is 5.69 Å². The van der Waals surface area contributed by atoms with Crippen molar-refractivity contribution in [2.75, 3.05) is 37.6 Å². The summed E-state index contributed by atoms with van der Waals surface area (Å²) < 4.78 is 0. The average molecular weight is 396 g/mol. The number of hydrogen-bond donors (Lipinski definition) is 1. The van der Waals surface area contributed by atoms with Gasteiger partial charge in [-0.05, 0) is 61.3 Å². The summed E-state index contributed by atoms with van der Waals surface area (Å²) >= 11 is 0. The second-order valence-electron chi connectivity index (χ2n) is 8.01. The number of benzene rings is 2. The molecule has 30 heavy (non-hydrogen) atoms. The lowest BCUT2D eigenvalue weighted by Crippen LogP contribution is -2.46. The SMILES string of the molecule is N#Cc1c[nH]c2ccc(CCCN3CCN(c4ccc5ncccc5c4)CC3)cc12. The molecule has 0 saturated carbocycles. The van der Waals surface area contributed by atoms with E-state index in [4.69, 9.17) is 0 Å². The van der Waals surface area contributed by atoms with Crippen LogP contribution in [0.15, 0.2) is 60.9 Å². The Hall–Kier alpha value is -3.36. The van der Waals surface area contributed by atoms with Crippen molar-refractivity contribution < 1.29 is 0 Å². The molecule has 1 aliphatic heterocycles. The van der Waals surface area contributed by atoms with E-state index in [1.54, 1.807) is 6.20 Å². The molecule has 2 aromatic heterocycles. The summed E-state index contributed by atoms with van der Waals surface area (Å²) in [6.07, 6.45) is 5.82. The molecule has 1 saturated heterocycles. The highest BCUT2D eigenvalue weighted by Crippen LogP contribution is 2.23. The number of piperazine rings is 1. The Morgan fingerprint density at radius 2 is 1.93 bits per heavy atom. The summed E-state index contributed by atoms with van der Waals surface area (Å²) in [4.78, 5) is 12.6. The third kappa shape index (κ3) is 3.74. The summed E-state index contributed by atoms with van der Waals surface area (Å²) in [5, 5.41) is 11.5. The number of rotatable bonds is 5. The molecule has 1 aliphatic rings. The Labute approximate surface area is 176 Å². The van der Waals surface area contributed by atoms with E-state index in [1.165, 1.54) is 16.6 Å². The second-order valence-corrected chi connectivity index (χ2v) is 8.01. The van der Waals surface area contributed by atoms with E-state index in [0.29, 0.717) is 0 Å². The van der Waals surface area contributed by atoms with Gasteiger partial charge in [0.1, 0.15) is 6.07 Å². The first kappa shape index (κ1) is 18.7. The van der Waals surface area contributed by atoms with Gasteiger partial charge in [0.05, 0.1) is 11.1 Å². The maximum absolute atomic E-state index is 9.23. The normalized spacial score (nSPS) is 15.0. The molecule has 0 radical (unpaired) electrons. The molecule has 0 aliphatic carbocycles. The van der Waals surface area contributed by atoms with Gasteiger partial charge in [-0.2, -0.15) is 5.26 Å². The number of aromatic nitrogens is 2. The molecule has 0 unspecified atom stereocenters. The van der Waals surface area contributed by atoms with Crippen LogP contribution in [0.2, 0.25) is 0 Å². The van der Waals surface area contributed by atoms with Crippen LogP contribution in [-0.2, 0) is 6.42 Å². The predicted octanol–water partition coefficient (Wildman–Crippen LogP) is 4.34. The van der Waals surface area contributed by atoms with E-state index in [-0.39, 0.29) is 0 Å². The molecule has 0 bridgehead atoms. The van der Waals surface area contributed by atoms with Gasteiger partial charge in [0.15, 0.2) is 0 Å². The molecule has 0 spiro atoms. The number of nitrogens with one attached hydrogen (secondary N) is 1. The van der Waals surface area contributed by atoms with Gasteiger partial charge in [0.2, 0.25) is 0 Å². The van der Waals surface area contributed by atoms with Gasteiger partial charge in [-0.3, -0.25) is 9.88 Å². The number of nitrogens with zero attached hydrogens (tertiary/aromatic N) is 4. The Morgan fingerprint density at radius 1 is 1.03 bits per heavy atom. The van der Waals surface area contributed by atoms with Crippen LogP contribution < -0.4 is 4.90 Å². The molecule has 5 nitrogen and oxygen atoms in total. The van der Waals surface area contributed by atoms with E-state index >= 15 is 0 Å². The molecular formula is C25H25N5. The molecule has 2 aromatic carbocycles. The highest BCUT2D eigenvalue weighted by atomic mass is 15.3. The monoisotopic (exact) mass is 395 g/mol. The van der Waals surface area contributed by atoms with Gasteiger partial charge >= 0.3 is 0 Å². The topological polar surface area (TPSA) is 59.0 Å². The van der Waals surface area contributed by atoms with Crippen molar-refractivity contribution in [3.05, 3.63) is 72.1 Å². The van der Waals surface area contributed by atoms with Crippen molar-refractivity contribution >= 4 is 27.5 Å². The lowest BCUT2D eigenvalue weighted by atomic mass is 10.1. The number of fused-ring (bicyclic) bond motifs is 2. The minimum Gasteiger partial charge on any atom is -0.369 e. The Bertz CT molecular complexity index is 1210. The highest BCUT2D eigenvalue weighted by molar-refractivity contribution is 5.86. The molecule has 5 rings (SSSR count). The second kappa shape index (κ2) is 8.17. The van der Waals surface area contributed by atoms with Gasteiger partial charge < -0.3 is 9.88 Å². The molecular weight excluding hydrogens is 370 g/mol. The number of anilines is 1. The van der Waals surface area contributed by atoms with Crippen molar-refractivity contribution in [2.45, 2.75) is 12.8 Å². The molecule has 5 heteroatoms. The van der Waals surface area contributed by atoms with Gasteiger partial charge in [0, 0.05) is 60.5 Å². The quantitative estimate of drug-likeness (QED) is 0.546. The van der Waals surface area contributed by atoms with E-state index in [0.717, 1.165) is 67.5 Å². The number of hydrogen-bond acceptors (Lipinski definition) is 4. The molecule has 4 aromatic rings. The third-order valence-electron chi connectivity index (χ3n) is 6.13. The number of aromatic amines is 1. The maximum Gasteiger partial charge on any atom is 0.101 e.